The molecular weight excluding hydrogens is 214 g/mol. The predicted octanol–water partition coefficient (Wildman–Crippen LogP) is 1.63. The molecule has 1 fully saturated rings. The van der Waals surface area contributed by atoms with E-state index in [1.54, 1.807) is 0 Å². The zero-order valence-corrected chi connectivity index (χ0v) is 11.0. The van der Waals surface area contributed by atoms with Crippen LogP contribution in [0.1, 0.15) is 32.0 Å². The molecule has 96 valence electrons. The van der Waals surface area contributed by atoms with E-state index in [2.05, 4.69) is 36.5 Å². The monoisotopic (exact) mass is 237 g/mol. The largest absolute Gasteiger partial charge is 0.381 e. The van der Waals surface area contributed by atoms with Crippen LogP contribution in [-0.2, 0) is 11.2 Å². The Morgan fingerprint density at radius 3 is 3.06 bits per heavy atom. The van der Waals surface area contributed by atoms with Gasteiger partial charge in [-0.25, -0.2) is 0 Å². The van der Waals surface area contributed by atoms with Crippen molar-refractivity contribution >= 4 is 0 Å². The van der Waals surface area contributed by atoms with Gasteiger partial charge in [0.05, 0.1) is 12.3 Å². The summed E-state index contributed by atoms with van der Waals surface area (Å²) in [5, 5.41) is 8.00. The van der Waals surface area contributed by atoms with Crippen LogP contribution in [-0.4, -0.2) is 36.1 Å². The minimum absolute atomic E-state index is 0.437. The predicted molar refractivity (Wildman–Crippen MR) is 68.1 cm³/mol. The summed E-state index contributed by atoms with van der Waals surface area (Å²) in [7, 11) is 2.04. The third kappa shape index (κ3) is 3.07. The average Bonchev–Trinajstić information content (AvgIpc) is 2.78. The summed E-state index contributed by atoms with van der Waals surface area (Å²) in [5.74, 6) is 0.546. The highest BCUT2D eigenvalue weighted by atomic mass is 16.5. The summed E-state index contributed by atoms with van der Waals surface area (Å²) in [6.45, 7) is 6.02. The Morgan fingerprint density at radius 2 is 2.41 bits per heavy atom. The summed E-state index contributed by atoms with van der Waals surface area (Å²) in [6.07, 6.45) is 4.18. The van der Waals surface area contributed by atoms with Crippen molar-refractivity contribution in [2.45, 2.75) is 38.8 Å². The van der Waals surface area contributed by atoms with Crippen molar-refractivity contribution in [1.29, 1.82) is 0 Å². The Labute approximate surface area is 103 Å². The Hall–Kier alpha value is -0.870. The Balaban J connectivity index is 1.98. The lowest BCUT2D eigenvalue weighted by Gasteiger charge is -2.30. The molecule has 4 heteroatoms. The minimum atomic E-state index is 0.437. The van der Waals surface area contributed by atoms with Gasteiger partial charge in [-0.3, -0.25) is 4.68 Å². The van der Waals surface area contributed by atoms with Gasteiger partial charge in [0.25, 0.3) is 0 Å². The summed E-state index contributed by atoms with van der Waals surface area (Å²) >= 11 is 0. The lowest BCUT2D eigenvalue weighted by Crippen LogP contribution is -2.42. The first kappa shape index (κ1) is 12.6. The van der Waals surface area contributed by atoms with E-state index in [4.69, 9.17) is 4.74 Å². The van der Waals surface area contributed by atoms with Crippen LogP contribution in [0.2, 0.25) is 0 Å². The van der Waals surface area contributed by atoms with Crippen LogP contribution < -0.4 is 5.32 Å². The van der Waals surface area contributed by atoms with E-state index in [9.17, 15) is 0 Å². The normalized spacial score (nSPS) is 25.4. The zero-order valence-electron chi connectivity index (χ0n) is 11.0. The van der Waals surface area contributed by atoms with Crippen LogP contribution in [0, 0.1) is 5.92 Å². The molecule has 0 amide bonds. The van der Waals surface area contributed by atoms with Crippen LogP contribution in [0.3, 0.4) is 0 Å². The molecule has 0 radical (unpaired) electrons. The molecule has 4 nitrogen and oxygen atoms in total. The molecule has 2 atom stereocenters. The molecule has 17 heavy (non-hydrogen) atoms. The lowest BCUT2D eigenvalue weighted by atomic mass is 9.91. The lowest BCUT2D eigenvalue weighted by molar-refractivity contribution is 0.0338. The minimum Gasteiger partial charge on any atom is -0.381 e. The second kappa shape index (κ2) is 5.65. The maximum absolute atomic E-state index is 5.57. The van der Waals surface area contributed by atoms with Gasteiger partial charge in [-0.2, -0.15) is 5.10 Å². The Bertz CT molecular complexity index is 348. The Morgan fingerprint density at radius 1 is 1.59 bits per heavy atom. The second-order valence-electron chi connectivity index (χ2n) is 5.10. The SMILES string of the molecule is CNC1CCOCC1Cc1ccn(C(C)C)n1. The molecule has 0 aromatic carbocycles. The fraction of sp³-hybridized carbons (Fsp3) is 0.769. The van der Waals surface area contributed by atoms with Crippen molar-refractivity contribution in [1.82, 2.24) is 15.1 Å². The molecule has 1 N–H and O–H groups in total. The van der Waals surface area contributed by atoms with Crippen molar-refractivity contribution in [2.75, 3.05) is 20.3 Å². The number of ether oxygens (including phenoxy) is 1. The van der Waals surface area contributed by atoms with Crippen LogP contribution in [0.15, 0.2) is 12.3 Å². The molecule has 0 spiro atoms. The number of aromatic nitrogens is 2. The smallest absolute Gasteiger partial charge is 0.0628 e. The third-order valence-electron chi connectivity index (χ3n) is 3.51. The fourth-order valence-electron chi connectivity index (χ4n) is 2.42. The fourth-order valence-corrected chi connectivity index (χ4v) is 2.42. The molecule has 1 saturated heterocycles. The number of nitrogens with one attached hydrogen (secondary N) is 1. The van der Waals surface area contributed by atoms with Gasteiger partial charge in [-0.1, -0.05) is 0 Å². The van der Waals surface area contributed by atoms with Gasteiger partial charge in [-0.15, -0.1) is 0 Å². The summed E-state index contributed by atoms with van der Waals surface area (Å²) in [6, 6.07) is 3.13. The van der Waals surface area contributed by atoms with Crippen molar-refractivity contribution in [3.05, 3.63) is 18.0 Å². The molecule has 1 aromatic heterocycles. The van der Waals surface area contributed by atoms with E-state index in [1.165, 1.54) is 5.69 Å². The molecule has 0 saturated carbocycles. The molecule has 1 aromatic rings. The zero-order chi connectivity index (χ0) is 12.3. The number of rotatable bonds is 4. The van der Waals surface area contributed by atoms with E-state index < -0.39 is 0 Å². The Kier molecular flexibility index (Phi) is 4.18. The van der Waals surface area contributed by atoms with Gasteiger partial charge in [0.15, 0.2) is 0 Å². The van der Waals surface area contributed by atoms with Gasteiger partial charge >= 0.3 is 0 Å². The van der Waals surface area contributed by atoms with E-state index >= 15 is 0 Å². The topological polar surface area (TPSA) is 39.1 Å². The molecule has 0 bridgehead atoms. The molecule has 2 heterocycles. The van der Waals surface area contributed by atoms with Gasteiger partial charge in [0.2, 0.25) is 0 Å². The molecule has 1 aliphatic rings. The van der Waals surface area contributed by atoms with Crippen LogP contribution in [0.4, 0.5) is 0 Å². The third-order valence-corrected chi connectivity index (χ3v) is 3.51. The van der Waals surface area contributed by atoms with Crippen molar-refractivity contribution in [3.63, 3.8) is 0 Å². The molecule has 2 unspecified atom stereocenters. The summed E-state index contributed by atoms with van der Waals surface area (Å²) in [4.78, 5) is 0. The summed E-state index contributed by atoms with van der Waals surface area (Å²) < 4.78 is 7.59. The first-order valence-corrected chi connectivity index (χ1v) is 6.49. The number of nitrogens with zero attached hydrogens (tertiary/aromatic N) is 2. The van der Waals surface area contributed by atoms with Crippen molar-refractivity contribution in [3.8, 4) is 0 Å². The maximum Gasteiger partial charge on any atom is 0.0628 e. The second-order valence-corrected chi connectivity index (χ2v) is 5.10. The first-order valence-electron chi connectivity index (χ1n) is 6.49. The highest BCUT2D eigenvalue weighted by Gasteiger charge is 2.25. The maximum atomic E-state index is 5.57. The van der Waals surface area contributed by atoms with E-state index in [-0.39, 0.29) is 0 Å². The van der Waals surface area contributed by atoms with Crippen LogP contribution >= 0.6 is 0 Å². The van der Waals surface area contributed by atoms with Gasteiger partial charge in [0, 0.05) is 30.8 Å². The van der Waals surface area contributed by atoms with E-state index in [0.29, 0.717) is 18.0 Å². The number of hydrogen-bond donors (Lipinski definition) is 1. The van der Waals surface area contributed by atoms with Gasteiger partial charge in [-0.05, 0) is 39.8 Å². The molecule has 2 rings (SSSR count). The van der Waals surface area contributed by atoms with Crippen molar-refractivity contribution in [2.24, 2.45) is 5.92 Å². The first-order chi connectivity index (χ1) is 8.20. The number of hydrogen-bond acceptors (Lipinski definition) is 3. The van der Waals surface area contributed by atoms with Gasteiger partial charge in [0.1, 0.15) is 0 Å². The van der Waals surface area contributed by atoms with E-state index in [0.717, 1.165) is 26.1 Å². The highest BCUT2D eigenvalue weighted by molar-refractivity contribution is 5.02. The molecule has 0 aliphatic carbocycles. The van der Waals surface area contributed by atoms with Gasteiger partial charge < -0.3 is 10.1 Å². The van der Waals surface area contributed by atoms with Crippen LogP contribution in [0.25, 0.3) is 0 Å². The molecular formula is C13H23N3O. The summed E-state index contributed by atoms with van der Waals surface area (Å²) in [5.41, 5.74) is 1.18. The highest BCUT2D eigenvalue weighted by Crippen LogP contribution is 2.19. The standard InChI is InChI=1S/C13H23N3O/c1-10(2)16-6-4-12(15-16)8-11-9-17-7-5-13(11)14-3/h4,6,10-11,13-14H,5,7-9H2,1-3H3. The van der Waals surface area contributed by atoms with Crippen LogP contribution in [0.5, 0.6) is 0 Å². The molecule has 1 aliphatic heterocycles. The average molecular weight is 237 g/mol. The van der Waals surface area contributed by atoms with E-state index in [1.807, 2.05) is 11.7 Å². The van der Waals surface area contributed by atoms with Crippen molar-refractivity contribution < 1.29 is 4.74 Å². The quantitative estimate of drug-likeness (QED) is 0.865.